The van der Waals surface area contributed by atoms with Crippen molar-refractivity contribution in [3.8, 4) is 0 Å². The van der Waals surface area contributed by atoms with Gasteiger partial charge >= 0.3 is 0 Å². The first-order valence-corrected chi connectivity index (χ1v) is 10.0. The summed E-state index contributed by atoms with van der Waals surface area (Å²) in [6.07, 6.45) is 2.07. The first-order valence-electron chi connectivity index (χ1n) is 8.55. The highest BCUT2D eigenvalue weighted by molar-refractivity contribution is 7.94. The average molecular weight is 413 g/mol. The predicted octanol–water partition coefficient (Wildman–Crippen LogP) is 3.08. The Kier molecular flexibility index (Phi) is 5.20. The normalized spacial score (nSPS) is 15.3. The number of methoxy groups -OCH3 is 1. The molecule has 28 heavy (non-hydrogen) atoms. The van der Waals surface area contributed by atoms with Crippen LogP contribution < -0.4 is 15.6 Å². The van der Waals surface area contributed by atoms with Crippen LogP contribution in [-0.4, -0.2) is 24.8 Å². The molecule has 1 saturated carbocycles. The molecule has 1 heterocycles. The topological polar surface area (TPSA) is 89.4 Å². The Morgan fingerprint density at radius 3 is 2.50 bits per heavy atom. The molecular weight excluding hydrogens is 392 g/mol. The number of aromatic nitrogens is 1. The monoisotopic (exact) mass is 413 g/mol. The molecule has 1 aliphatic carbocycles. The summed E-state index contributed by atoms with van der Waals surface area (Å²) in [5, 5.41) is 2.51. The minimum atomic E-state index is -3.84. The van der Waals surface area contributed by atoms with Gasteiger partial charge in [0.2, 0.25) is 15.8 Å². The molecule has 7 nitrogen and oxygen atoms in total. The van der Waals surface area contributed by atoms with E-state index in [1.807, 2.05) is 0 Å². The zero-order valence-electron chi connectivity index (χ0n) is 15.7. The van der Waals surface area contributed by atoms with Crippen molar-refractivity contribution < 1.29 is 21.9 Å². The maximum absolute atomic E-state index is 14.8. The molecule has 152 valence electrons. The number of benzene rings is 1. The fourth-order valence-electron chi connectivity index (χ4n) is 2.63. The Hall–Kier alpha value is -2.46. The fraction of sp³-hybridized carbons (Fsp3) is 0.389. The van der Waals surface area contributed by atoms with Crippen LogP contribution in [0.25, 0.3) is 0 Å². The van der Waals surface area contributed by atoms with Gasteiger partial charge in [-0.05, 0) is 44.4 Å². The standard InChI is InChI=1S/C18H21F2N3O4S/c1-11-4-5-13(12(19)8-11)21-16-14(22-28(25,26)18(2)6-7-18)9-23(10-27-3)17(24)15(16)20/h4-5,8-9,21-22H,6-7,10H2,1-3H3. The summed E-state index contributed by atoms with van der Waals surface area (Å²) in [4.78, 5) is 12.2. The lowest BCUT2D eigenvalue weighted by atomic mass is 10.2. The third-order valence-corrected chi connectivity index (χ3v) is 6.92. The minimum Gasteiger partial charge on any atom is -0.364 e. The molecule has 1 aromatic heterocycles. The molecule has 0 unspecified atom stereocenters. The van der Waals surface area contributed by atoms with Gasteiger partial charge in [-0.25, -0.2) is 12.8 Å². The Labute approximate surface area is 161 Å². The summed E-state index contributed by atoms with van der Waals surface area (Å²) >= 11 is 0. The number of rotatable bonds is 7. The van der Waals surface area contributed by atoms with E-state index in [1.165, 1.54) is 19.2 Å². The number of hydrogen-bond donors (Lipinski definition) is 2. The smallest absolute Gasteiger partial charge is 0.290 e. The van der Waals surface area contributed by atoms with Crippen molar-refractivity contribution in [3.05, 3.63) is 51.9 Å². The van der Waals surface area contributed by atoms with Gasteiger partial charge in [0, 0.05) is 13.3 Å². The van der Waals surface area contributed by atoms with Crippen molar-refractivity contribution >= 4 is 27.1 Å². The number of halogens is 2. The number of aryl methyl sites for hydroxylation is 1. The van der Waals surface area contributed by atoms with Crippen LogP contribution in [0.2, 0.25) is 0 Å². The first kappa shape index (κ1) is 20.3. The van der Waals surface area contributed by atoms with Crippen molar-refractivity contribution in [2.45, 2.75) is 38.2 Å². The number of ether oxygens (including phenoxy) is 1. The van der Waals surface area contributed by atoms with Crippen molar-refractivity contribution in [1.29, 1.82) is 0 Å². The van der Waals surface area contributed by atoms with Gasteiger partial charge in [-0.15, -0.1) is 0 Å². The lowest BCUT2D eigenvalue weighted by molar-refractivity contribution is 0.127. The highest BCUT2D eigenvalue weighted by Crippen LogP contribution is 2.44. The summed E-state index contributed by atoms with van der Waals surface area (Å²) in [6.45, 7) is 2.99. The van der Waals surface area contributed by atoms with E-state index in [4.69, 9.17) is 4.74 Å². The quantitative estimate of drug-likeness (QED) is 0.728. The van der Waals surface area contributed by atoms with Crippen molar-refractivity contribution in [3.63, 3.8) is 0 Å². The summed E-state index contributed by atoms with van der Waals surface area (Å²) in [6, 6.07) is 4.22. The molecular formula is C18H21F2N3O4S. The second-order valence-corrected chi connectivity index (χ2v) is 9.28. The first-order chi connectivity index (χ1) is 13.1. The maximum Gasteiger partial charge on any atom is 0.290 e. The van der Waals surface area contributed by atoms with E-state index in [0.717, 1.165) is 10.8 Å². The van der Waals surface area contributed by atoms with Crippen molar-refractivity contribution in [2.24, 2.45) is 0 Å². The second kappa shape index (κ2) is 7.17. The fourth-order valence-corrected chi connectivity index (χ4v) is 3.96. The molecule has 0 aliphatic heterocycles. The van der Waals surface area contributed by atoms with Crippen LogP contribution >= 0.6 is 0 Å². The average Bonchev–Trinajstić information content (AvgIpc) is 3.37. The molecule has 0 radical (unpaired) electrons. The number of sulfonamides is 1. The molecule has 0 amide bonds. The molecule has 3 rings (SSSR count). The lowest BCUT2D eigenvalue weighted by Crippen LogP contribution is -2.30. The zero-order valence-corrected chi connectivity index (χ0v) is 16.5. The van der Waals surface area contributed by atoms with Gasteiger partial charge in [0.25, 0.3) is 5.56 Å². The second-order valence-electron chi connectivity index (χ2n) is 7.09. The molecule has 10 heteroatoms. The number of nitrogens with zero attached hydrogens (tertiary/aromatic N) is 1. The molecule has 2 N–H and O–H groups in total. The molecule has 0 atom stereocenters. The van der Waals surface area contributed by atoms with Gasteiger partial charge in [0.1, 0.15) is 18.2 Å². The molecule has 1 aromatic carbocycles. The van der Waals surface area contributed by atoms with Crippen LogP contribution in [0.3, 0.4) is 0 Å². The molecule has 2 aromatic rings. The Balaban J connectivity index is 2.11. The van der Waals surface area contributed by atoms with Crippen LogP contribution in [0.15, 0.2) is 29.2 Å². The summed E-state index contributed by atoms with van der Waals surface area (Å²) in [5.41, 5.74) is -1.12. The molecule has 1 fully saturated rings. The third kappa shape index (κ3) is 3.74. The number of pyridine rings is 1. The minimum absolute atomic E-state index is 0.0912. The Morgan fingerprint density at radius 1 is 1.25 bits per heavy atom. The van der Waals surface area contributed by atoms with Gasteiger partial charge < -0.3 is 10.1 Å². The zero-order chi connectivity index (χ0) is 20.7. The lowest BCUT2D eigenvalue weighted by Gasteiger charge is -2.19. The van der Waals surface area contributed by atoms with Crippen LogP contribution in [0, 0.1) is 18.6 Å². The largest absolute Gasteiger partial charge is 0.364 e. The highest BCUT2D eigenvalue weighted by Gasteiger charge is 2.50. The van der Waals surface area contributed by atoms with Gasteiger partial charge in [-0.3, -0.25) is 14.1 Å². The van der Waals surface area contributed by atoms with Gasteiger partial charge in [0.05, 0.1) is 16.1 Å². The van der Waals surface area contributed by atoms with E-state index in [2.05, 4.69) is 10.0 Å². The number of nitrogens with one attached hydrogen (secondary N) is 2. The van der Waals surface area contributed by atoms with Crippen molar-refractivity contribution in [1.82, 2.24) is 4.57 Å². The predicted molar refractivity (Wildman–Crippen MR) is 102 cm³/mol. The van der Waals surface area contributed by atoms with Crippen LogP contribution in [0.4, 0.5) is 25.8 Å². The third-order valence-electron chi connectivity index (χ3n) is 4.72. The van der Waals surface area contributed by atoms with E-state index in [1.54, 1.807) is 19.9 Å². The van der Waals surface area contributed by atoms with Gasteiger partial charge in [0.15, 0.2) is 0 Å². The highest BCUT2D eigenvalue weighted by atomic mass is 32.2. The number of anilines is 3. The van der Waals surface area contributed by atoms with Gasteiger partial charge in [-0.1, -0.05) is 6.07 Å². The van der Waals surface area contributed by atoms with E-state index in [9.17, 15) is 22.0 Å². The van der Waals surface area contributed by atoms with Crippen LogP contribution in [-0.2, 0) is 21.5 Å². The maximum atomic E-state index is 14.8. The van der Waals surface area contributed by atoms with Crippen LogP contribution in [0.1, 0.15) is 25.3 Å². The SMILES string of the molecule is COCn1cc(NS(=O)(=O)C2(C)CC2)c(Nc2ccc(C)cc2F)c(F)c1=O. The van der Waals surface area contributed by atoms with Crippen molar-refractivity contribution in [2.75, 3.05) is 17.1 Å². The van der Waals surface area contributed by atoms with E-state index >= 15 is 0 Å². The van der Waals surface area contributed by atoms with E-state index in [-0.39, 0.29) is 18.1 Å². The summed E-state index contributed by atoms with van der Waals surface area (Å²) in [7, 11) is -2.53. The Bertz CT molecular complexity index is 1080. The molecule has 0 bridgehead atoms. The summed E-state index contributed by atoms with van der Waals surface area (Å²) in [5.74, 6) is -1.92. The Morgan fingerprint density at radius 2 is 1.93 bits per heavy atom. The molecule has 0 saturated heterocycles. The molecule has 1 aliphatic rings. The number of hydrogen-bond acceptors (Lipinski definition) is 5. The van der Waals surface area contributed by atoms with Gasteiger partial charge in [-0.2, -0.15) is 4.39 Å². The molecule has 0 spiro atoms. The summed E-state index contributed by atoms with van der Waals surface area (Å²) < 4.78 is 61.4. The van der Waals surface area contributed by atoms with E-state index in [0.29, 0.717) is 18.4 Å². The van der Waals surface area contributed by atoms with Crippen LogP contribution in [0.5, 0.6) is 0 Å². The van der Waals surface area contributed by atoms with E-state index < -0.39 is 37.7 Å².